The molecule has 6 heteroatoms. The summed E-state index contributed by atoms with van der Waals surface area (Å²) in [7, 11) is 0. The van der Waals surface area contributed by atoms with Gasteiger partial charge in [0.1, 0.15) is 0 Å². The van der Waals surface area contributed by atoms with Gasteiger partial charge in [-0.2, -0.15) is 0 Å². The number of hydrogen-bond acceptors (Lipinski definition) is 3. The average molecular weight is 312 g/mol. The molecule has 0 saturated carbocycles. The smallest absolute Gasteiger partial charge is 0.225 e. The topological polar surface area (TPSA) is 75.4 Å². The summed E-state index contributed by atoms with van der Waals surface area (Å²) in [5.41, 5.74) is 6.77. The van der Waals surface area contributed by atoms with Gasteiger partial charge in [-0.3, -0.25) is 9.59 Å². The maximum Gasteiger partial charge on any atom is 0.225 e. The summed E-state index contributed by atoms with van der Waals surface area (Å²) in [6.07, 6.45) is 1.12. The Hall–Kier alpha value is -1.59. The molecule has 0 aromatic heterocycles. The molecule has 2 atom stereocenters. The van der Waals surface area contributed by atoms with Gasteiger partial charge in [-0.1, -0.05) is 30.3 Å². The Morgan fingerprint density at radius 1 is 1.38 bits per heavy atom. The number of amides is 2. The van der Waals surface area contributed by atoms with Crippen LogP contribution in [0.25, 0.3) is 0 Å². The van der Waals surface area contributed by atoms with E-state index in [1.54, 1.807) is 4.90 Å². The lowest BCUT2D eigenvalue weighted by Crippen LogP contribution is -2.36. The molecule has 1 aliphatic rings. The highest BCUT2D eigenvalue weighted by Crippen LogP contribution is 2.19. The van der Waals surface area contributed by atoms with Crippen molar-refractivity contribution in [1.29, 1.82) is 0 Å². The molecule has 0 spiro atoms. The molecule has 2 amide bonds. The van der Waals surface area contributed by atoms with Crippen LogP contribution in [-0.2, 0) is 9.59 Å². The van der Waals surface area contributed by atoms with E-state index in [1.165, 1.54) is 6.92 Å². The molecule has 1 aromatic rings. The van der Waals surface area contributed by atoms with E-state index in [0.717, 1.165) is 12.0 Å². The van der Waals surface area contributed by atoms with Gasteiger partial charge in [-0.15, -0.1) is 12.4 Å². The van der Waals surface area contributed by atoms with E-state index in [4.69, 9.17) is 5.73 Å². The molecular formula is C15H22ClN3O2. The Labute approximate surface area is 131 Å². The highest BCUT2D eigenvalue weighted by atomic mass is 35.5. The Bertz CT molecular complexity index is 481. The van der Waals surface area contributed by atoms with E-state index in [2.05, 4.69) is 5.32 Å². The second-order valence-electron chi connectivity index (χ2n) is 5.26. The number of carbonyl (C=O) groups is 2. The van der Waals surface area contributed by atoms with E-state index < -0.39 is 0 Å². The molecule has 0 bridgehead atoms. The largest absolute Gasteiger partial charge is 0.349 e. The molecule has 1 aliphatic heterocycles. The first-order valence-corrected chi connectivity index (χ1v) is 6.91. The first kappa shape index (κ1) is 17.5. The van der Waals surface area contributed by atoms with Gasteiger partial charge in [0.25, 0.3) is 0 Å². The predicted octanol–water partition coefficient (Wildman–Crippen LogP) is 1.24. The summed E-state index contributed by atoms with van der Waals surface area (Å²) in [5, 5.41) is 2.84. The number of carbonyl (C=O) groups excluding carboxylic acids is 2. The predicted molar refractivity (Wildman–Crippen MR) is 84.0 cm³/mol. The molecule has 21 heavy (non-hydrogen) atoms. The molecule has 116 valence electrons. The van der Waals surface area contributed by atoms with Gasteiger partial charge in [0, 0.05) is 26.1 Å². The molecule has 1 aromatic carbocycles. The molecule has 0 aliphatic carbocycles. The summed E-state index contributed by atoms with van der Waals surface area (Å²) < 4.78 is 0. The lowest BCUT2D eigenvalue weighted by Gasteiger charge is -2.22. The van der Waals surface area contributed by atoms with Crippen LogP contribution in [0.15, 0.2) is 30.3 Å². The third-order valence-electron chi connectivity index (χ3n) is 3.54. The van der Waals surface area contributed by atoms with E-state index in [0.29, 0.717) is 13.1 Å². The summed E-state index contributed by atoms with van der Waals surface area (Å²) in [6.45, 7) is 2.79. The summed E-state index contributed by atoms with van der Waals surface area (Å²) in [5.74, 6) is -0.0923. The third-order valence-corrected chi connectivity index (χ3v) is 3.54. The molecule has 1 unspecified atom stereocenters. The van der Waals surface area contributed by atoms with Crippen LogP contribution in [0.2, 0.25) is 0 Å². The molecule has 5 nitrogen and oxygen atoms in total. The summed E-state index contributed by atoms with van der Waals surface area (Å²) in [6, 6.07) is 9.36. The minimum Gasteiger partial charge on any atom is -0.349 e. The first-order chi connectivity index (χ1) is 9.56. The van der Waals surface area contributed by atoms with Crippen molar-refractivity contribution in [3.05, 3.63) is 35.9 Å². The zero-order valence-electron chi connectivity index (χ0n) is 12.1. The summed E-state index contributed by atoms with van der Waals surface area (Å²) >= 11 is 0. The van der Waals surface area contributed by atoms with Crippen molar-refractivity contribution >= 4 is 24.2 Å². The third kappa shape index (κ3) is 5.02. The van der Waals surface area contributed by atoms with Crippen molar-refractivity contribution < 1.29 is 9.59 Å². The second kappa shape index (κ2) is 8.00. The van der Waals surface area contributed by atoms with Crippen molar-refractivity contribution in [1.82, 2.24) is 10.2 Å². The van der Waals surface area contributed by atoms with Crippen molar-refractivity contribution in [2.75, 3.05) is 13.1 Å². The quantitative estimate of drug-likeness (QED) is 0.878. The highest BCUT2D eigenvalue weighted by Gasteiger charge is 2.26. The molecular weight excluding hydrogens is 290 g/mol. The number of hydrogen-bond donors (Lipinski definition) is 2. The normalized spacial score (nSPS) is 18.8. The maximum atomic E-state index is 12.3. The van der Waals surface area contributed by atoms with Crippen molar-refractivity contribution in [3.8, 4) is 0 Å². The lowest BCUT2D eigenvalue weighted by molar-refractivity contribution is -0.131. The zero-order valence-corrected chi connectivity index (χ0v) is 12.9. The number of nitrogens with zero attached hydrogens (tertiary/aromatic N) is 1. The highest BCUT2D eigenvalue weighted by molar-refractivity contribution is 5.85. The van der Waals surface area contributed by atoms with Crippen LogP contribution in [0.4, 0.5) is 0 Å². The SMILES string of the molecule is CC(=O)NC(CC(=O)N1CC[C@@H](N)C1)c1ccccc1.Cl. The van der Waals surface area contributed by atoms with Crippen molar-refractivity contribution in [2.24, 2.45) is 5.73 Å². The van der Waals surface area contributed by atoms with Gasteiger partial charge in [-0.25, -0.2) is 0 Å². The van der Waals surface area contributed by atoms with Gasteiger partial charge in [0.2, 0.25) is 11.8 Å². The van der Waals surface area contributed by atoms with E-state index >= 15 is 0 Å². The number of benzene rings is 1. The molecule has 0 radical (unpaired) electrons. The van der Waals surface area contributed by atoms with Crippen LogP contribution >= 0.6 is 12.4 Å². The van der Waals surface area contributed by atoms with Crippen LogP contribution in [0.5, 0.6) is 0 Å². The fourth-order valence-corrected chi connectivity index (χ4v) is 2.50. The van der Waals surface area contributed by atoms with Crippen LogP contribution < -0.4 is 11.1 Å². The van der Waals surface area contributed by atoms with Crippen molar-refractivity contribution in [3.63, 3.8) is 0 Å². The monoisotopic (exact) mass is 311 g/mol. The fraction of sp³-hybridized carbons (Fsp3) is 0.467. The summed E-state index contributed by atoms with van der Waals surface area (Å²) in [4.78, 5) is 25.4. The van der Waals surface area contributed by atoms with Gasteiger partial charge < -0.3 is 16.0 Å². The number of halogens is 1. The van der Waals surface area contributed by atoms with E-state index in [-0.39, 0.29) is 42.7 Å². The van der Waals surface area contributed by atoms with Gasteiger partial charge in [0.05, 0.1) is 12.5 Å². The minimum absolute atomic E-state index is 0. The Kier molecular flexibility index (Phi) is 6.65. The lowest BCUT2D eigenvalue weighted by atomic mass is 10.0. The standard InChI is InChI=1S/C15H21N3O2.ClH/c1-11(19)17-14(12-5-3-2-4-6-12)9-15(20)18-8-7-13(16)10-18;/h2-6,13-14H,7-10,16H2,1H3,(H,17,19);1H/t13-,14?;/m1./s1. The fourth-order valence-electron chi connectivity index (χ4n) is 2.50. The van der Waals surface area contributed by atoms with E-state index in [1.807, 2.05) is 30.3 Å². The first-order valence-electron chi connectivity index (χ1n) is 6.91. The average Bonchev–Trinajstić information content (AvgIpc) is 2.85. The Balaban J connectivity index is 0.00000220. The molecule has 1 heterocycles. The van der Waals surface area contributed by atoms with Crippen LogP contribution in [0.1, 0.15) is 31.4 Å². The van der Waals surface area contributed by atoms with Crippen LogP contribution in [0, 0.1) is 0 Å². The number of nitrogens with one attached hydrogen (secondary N) is 1. The van der Waals surface area contributed by atoms with Gasteiger partial charge >= 0.3 is 0 Å². The molecule has 1 saturated heterocycles. The maximum absolute atomic E-state index is 12.3. The molecule has 3 N–H and O–H groups in total. The van der Waals surface area contributed by atoms with Crippen LogP contribution in [-0.4, -0.2) is 35.8 Å². The molecule has 1 fully saturated rings. The zero-order chi connectivity index (χ0) is 14.5. The number of likely N-dealkylation sites (tertiary alicyclic amines) is 1. The van der Waals surface area contributed by atoms with Crippen LogP contribution in [0.3, 0.4) is 0 Å². The number of nitrogens with two attached hydrogens (primary N) is 1. The van der Waals surface area contributed by atoms with Gasteiger partial charge in [0.15, 0.2) is 0 Å². The van der Waals surface area contributed by atoms with E-state index in [9.17, 15) is 9.59 Å². The van der Waals surface area contributed by atoms with Gasteiger partial charge in [-0.05, 0) is 12.0 Å². The number of rotatable bonds is 4. The minimum atomic E-state index is -0.280. The molecule has 2 rings (SSSR count). The van der Waals surface area contributed by atoms with Crippen molar-refractivity contribution in [2.45, 2.75) is 31.8 Å². The second-order valence-corrected chi connectivity index (χ2v) is 5.26. The Morgan fingerprint density at radius 2 is 2.05 bits per heavy atom. The Morgan fingerprint density at radius 3 is 2.57 bits per heavy atom.